The van der Waals surface area contributed by atoms with Crippen LogP contribution in [-0.2, 0) is 4.79 Å². The van der Waals surface area contributed by atoms with Crippen molar-refractivity contribution in [3.63, 3.8) is 0 Å². The molecule has 0 aliphatic rings. The fourth-order valence-corrected chi connectivity index (χ4v) is 1.99. The highest BCUT2D eigenvalue weighted by atomic mass is 16.4. The average Bonchev–Trinajstić information content (AvgIpc) is 2.62. The number of anilines is 1. The molecule has 0 saturated carbocycles. The molecule has 8 heteroatoms. The number of hydrazone groups is 1. The standard InChI is InChI=1S/C17H15N5O3/c18-21-16(22-19)12-4-6-13(7-5-12)17(25)20-14-8-1-11(2-9-14)3-10-15(23)24/h1-10,18H,19H2,(H,20,25)(H,23,24). The van der Waals surface area contributed by atoms with E-state index in [4.69, 9.17) is 16.5 Å². The molecule has 2 rings (SSSR count). The lowest BCUT2D eigenvalue weighted by atomic mass is 10.1. The van der Waals surface area contributed by atoms with Gasteiger partial charge in [0, 0.05) is 22.9 Å². The number of amidine groups is 1. The van der Waals surface area contributed by atoms with Gasteiger partial charge in [-0.25, -0.2) is 10.3 Å². The van der Waals surface area contributed by atoms with Crippen LogP contribution < -0.4 is 11.2 Å². The summed E-state index contributed by atoms with van der Waals surface area (Å²) in [6, 6.07) is 13.1. The Morgan fingerprint density at radius 3 is 2.16 bits per heavy atom. The molecule has 0 fully saturated rings. The summed E-state index contributed by atoms with van der Waals surface area (Å²) < 4.78 is 0. The summed E-state index contributed by atoms with van der Waals surface area (Å²) >= 11 is 0. The Bertz CT molecular complexity index is 840. The molecular weight excluding hydrogens is 322 g/mol. The zero-order chi connectivity index (χ0) is 18.2. The van der Waals surface area contributed by atoms with E-state index < -0.39 is 5.97 Å². The molecule has 2 aromatic rings. The van der Waals surface area contributed by atoms with Crippen LogP contribution in [0.15, 0.2) is 64.8 Å². The number of hydrogen-bond donors (Lipinski definition) is 4. The van der Waals surface area contributed by atoms with Gasteiger partial charge >= 0.3 is 5.97 Å². The third-order valence-electron chi connectivity index (χ3n) is 3.22. The van der Waals surface area contributed by atoms with Gasteiger partial charge in [-0.15, -0.1) is 5.11 Å². The van der Waals surface area contributed by atoms with Crippen LogP contribution in [0, 0.1) is 5.53 Å². The molecule has 5 N–H and O–H groups in total. The van der Waals surface area contributed by atoms with E-state index in [1.54, 1.807) is 48.5 Å². The van der Waals surface area contributed by atoms with E-state index in [2.05, 4.69) is 15.5 Å². The van der Waals surface area contributed by atoms with Gasteiger partial charge in [0.25, 0.3) is 5.91 Å². The second-order valence-electron chi connectivity index (χ2n) is 4.89. The van der Waals surface area contributed by atoms with Crippen LogP contribution in [0.4, 0.5) is 5.69 Å². The van der Waals surface area contributed by atoms with Crippen molar-refractivity contribution in [2.45, 2.75) is 0 Å². The van der Waals surface area contributed by atoms with Crippen molar-refractivity contribution >= 4 is 29.5 Å². The summed E-state index contributed by atoms with van der Waals surface area (Å²) in [6.45, 7) is 0. The normalized spacial score (nSPS) is 11.3. The Labute approximate surface area is 143 Å². The Morgan fingerprint density at radius 1 is 1.04 bits per heavy atom. The van der Waals surface area contributed by atoms with Gasteiger partial charge in [-0.2, -0.15) is 5.10 Å². The summed E-state index contributed by atoms with van der Waals surface area (Å²) in [5, 5.41) is 17.9. The minimum Gasteiger partial charge on any atom is -0.478 e. The molecule has 0 spiro atoms. The smallest absolute Gasteiger partial charge is 0.328 e. The van der Waals surface area contributed by atoms with Gasteiger partial charge in [-0.3, -0.25) is 4.79 Å². The Hall–Kier alpha value is -3.81. The minimum absolute atomic E-state index is 0.0666. The zero-order valence-corrected chi connectivity index (χ0v) is 13.0. The van der Waals surface area contributed by atoms with E-state index >= 15 is 0 Å². The second kappa shape index (κ2) is 8.16. The predicted octanol–water partition coefficient (Wildman–Crippen LogP) is 2.69. The highest BCUT2D eigenvalue weighted by Crippen LogP contribution is 2.13. The van der Waals surface area contributed by atoms with Crippen LogP contribution in [0.2, 0.25) is 0 Å². The van der Waals surface area contributed by atoms with Gasteiger partial charge in [0.2, 0.25) is 0 Å². The number of nitrogens with one attached hydrogen (secondary N) is 2. The minimum atomic E-state index is -1.03. The lowest BCUT2D eigenvalue weighted by molar-refractivity contribution is -0.131. The number of carbonyl (C=O) groups excluding carboxylic acids is 1. The number of benzene rings is 2. The van der Waals surface area contributed by atoms with Crippen LogP contribution >= 0.6 is 0 Å². The summed E-state index contributed by atoms with van der Waals surface area (Å²) in [7, 11) is 0. The summed E-state index contributed by atoms with van der Waals surface area (Å²) in [6.07, 6.45) is 2.50. The number of carboxylic acid groups (broad SMARTS) is 1. The molecule has 0 unspecified atom stereocenters. The first-order valence-electron chi connectivity index (χ1n) is 7.11. The summed E-state index contributed by atoms with van der Waals surface area (Å²) in [5.74, 6) is 3.85. The van der Waals surface area contributed by atoms with E-state index in [0.29, 0.717) is 22.4 Å². The molecule has 0 heterocycles. The van der Waals surface area contributed by atoms with Gasteiger partial charge in [0.15, 0.2) is 5.84 Å². The van der Waals surface area contributed by atoms with Crippen molar-refractivity contribution in [2.75, 3.05) is 5.32 Å². The first-order valence-corrected chi connectivity index (χ1v) is 7.11. The van der Waals surface area contributed by atoms with E-state index in [9.17, 15) is 9.59 Å². The van der Waals surface area contributed by atoms with Crippen molar-refractivity contribution in [3.8, 4) is 0 Å². The molecule has 0 atom stereocenters. The SMILES string of the molecule is N=NC(=NN)c1ccc(C(=O)Nc2ccc(C=CC(=O)O)cc2)cc1. The van der Waals surface area contributed by atoms with E-state index in [1.165, 1.54) is 6.08 Å². The maximum atomic E-state index is 12.2. The maximum Gasteiger partial charge on any atom is 0.328 e. The number of amides is 1. The number of carboxylic acids is 1. The van der Waals surface area contributed by atoms with Crippen LogP contribution in [0.1, 0.15) is 21.5 Å². The van der Waals surface area contributed by atoms with Crippen LogP contribution in [0.3, 0.4) is 0 Å². The van der Waals surface area contributed by atoms with Crippen LogP contribution in [-0.4, -0.2) is 22.8 Å². The van der Waals surface area contributed by atoms with E-state index in [0.717, 1.165) is 6.08 Å². The van der Waals surface area contributed by atoms with Crippen molar-refractivity contribution in [3.05, 3.63) is 71.3 Å². The van der Waals surface area contributed by atoms with Gasteiger partial charge in [0.1, 0.15) is 0 Å². The molecule has 8 nitrogen and oxygen atoms in total. The second-order valence-corrected chi connectivity index (χ2v) is 4.89. The predicted molar refractivity (Wildman–Crippen MR) is 93.4 cm³/mol. The molecule has 126 valence electrons. The molecule has 0 radical (unpaired) electrons. The van der Waals surface area contributed by atoms with Gasteiger partial charge in [-0.1, -0.05) is 24.3 Å². The quantitative estimate of drug-likeness (QED) is 0.166. The number of nitrogens with two attached hydrogens (primary N) is 1. The summed E-state index contributed by atoms with van der Waals surface area (Å²) in [5.41, 5.74) is 9.18. The number of carbonyl (C=O) groups is 2. The highest BCUT2D eigenvalue weighted by Gasteiger charge is 2.08. The number of hydrogen-bond acceptors (Lipinski definition) is 5. The molecular formula is C17H15N5O3. The molecule has 0 aliphatic carbocycles. The molecule has 25 heavy (non-hydrogen) atoms. The molecule has 0 aliphatic heterocycles. The number of rotatable bonds is 5. The van der Waals surface area contributed by atoms with E-state index in [-0.39, 0.29) is 11.7 Å². The van der Waals surface area contributed by atoms with Gasteiger partial charge in [0.05, 0.1) is 0 Å². The van der Waals surface area contributed by atoms with Gasteiger partial charge < -0.3 is 16.3 Å². The molecule has 0 bridgehead atoms. The lowest BCUT2D eigenvalue weighted by Crippen LogP contribution is -2.12. The first-order chi connectivity index (χ1) is 12.0. The monoisotopic (exact) mass is 337 g/mol. The summed E-state index contributed by atoms with van der Waals surface area (Å²) in [4.78, 5) is 22.7. The Morgan fingerprint density at radius 2 is 1.64 bits per heavy atom. The Kier molecular flexibility index (Phi) is 5.72. The third kappa shape index (κ3) is 4.83. The van der Waals surface area contributed by atoms with Crippen LogP contribution in [0.25, 0.3) is 6.08 Å². The highest BCUT2D eigenvalue weighted by molar-refractivity contribution is 6.05. The Balaban J connectivity index is 2.06. The molecule has 0 saturated heterocycles. The van der Waals surface area contributed by atoms with Gasteiger partial charge in [-0.05, 0) is 35.9 Å². The third-order valence-corrected chi connectivity index (χ3v) is 3.22. The fourth-order valence-electron chi connectivity index (χ4n) is 1.99. The van der Waals surface area contributed by atoms with Crippen molar-refractivity contribution in [1.82, 2.24) is 0 Å². The lowest BCUT2D eigenvalue weighted by Gasteiger charge is -2.06. The molecule has 2 aromatic carbocycles. The first kappa shape index (κ1) is 17.5. The maximum absolute atomic E-state index is 12.2. The van der Waals surface area contributed by atoms with Crippen molar-refractivity contribution in [1.29, 1.82) is 5.53 Å². The average molecular weight is 337 g/mol. The van der Waals surface area contributed by atoms with Crippen LogP contribution in [0.5, 0.6) is 0 Å². The fraction of sp³-hybridized carbons (Fsp3) is 0. The van der Waals surface area contributed by atoms with E-state index in [1.807, 2.05) is 0 Å². The topological polar surface area (TPSA) is 141 Å². The van der Waals surface area contributed by atoms with Crippen molar-refractivity contribution in [2.24, 2.45) is 16.1 Å². The molecule has 1 amide bonds. The van der Waals surface area contributed by atoms with Crippen molar-refractivity contribution < 1.29 is 14.7 Å². The number of aliphatic carboxylic acids is 1. The molecule has 0 aromatic heterocycles. The number of nitrogens with zero attached hydrogens (tertiary/aromatic N) is 2. The largest absolute Gasteiger partial charge is 0.478 e. The zero-order valence-electron chi connectivity index (χ0n) is 13.0.